The maximum Gasteiger partial charge on any atom is 0.261 e. The molecule has 11 heavy (non-hydrogen) atoms. The molecule has 1 aromatic heterocycles. The fraction of sp³-hybridized carbons (Fsp3) is 0.143. The van der Waals surface area contributed by atoms with E-state index in [1.54, 1.807) is 6.07 Å². The standard InChI is InChI=1S/C7H5NO2S/c9-3-5-1-4-2-8-7(10)6(4)11-5/h1,3H,2H2,(H,8,10). The lowest BCUT2D eigenvalue weighted by atomic mass is 10.3. The van der Waals surface area contributed by atoms with E-state index in [-0.39, 0.29) is 5.91 Å². The van der Waals surface area contributed by atoms with E-state index in [4.69, 9.17) is 0 Å². The predicted octanol–water partition coefficient (Wildman–Crippen LogP) is 0.804. The summed E-state index contributed by atoms with van der Waals surface area (Å²) >= 11 is 1.25. The highest BCUT2D eigenvalue weighted by Crippen LogP contribution is 2.24. The molecule has 1 amide bonds. The van der Waals surface area contributed by atoms with E-state index in [9.17, 15) is 9.59 Å². The maximum absolute atomic E-state index is 11.0. The SMILES string of the molecule is O=Cc1cc2c(s1)C(=O)NC2. The van der Waals surface area contributed by atoms with Crippen molar-refractivity contribution in [3.8, 4) is 0 Å². The van der Waals surface area contributed by atoms with Crippen LogP contribution in [0, 0.1) is 0 Å². The van der Waals surface area contributed by atoms with Gasteiger partial charge in [0.1, 0.15) is 0 Å². The summed E-state index contributed by atoms with van der Waals surface area (Å²) in [6.45, 7) is 0.568. The Morgan fingerprint density at radius 2 is 2.45 bits per heavy atom. The molecule has 2 heterocycles. The Hall–Kier alpha value is -1.16. The number of hydrogen-bond donors (Lipinski definition) is 1. The highest BCUT2D eigenvalue weighted by Gasteiger charge is 2.21. The molecule has 0 aliphatic carbocycles. The number of thiophene rings is 1. The number of carbonyl (C=O) groups is 2. The van der Waals surface area contributed by atoms with Crippen LogP contribution in [0.5, 0.6) is 0 Å². The lowest BCUT2D eigenvalue weighted by Crippen LogP contribution is -2.12. The zero-order valence-electron chi connectivity index (χ0n) is 5.59. The minimum absolute atomic E-state index is 0.0573. The van der Waals surface area contributed by atoms with E-state index in [1.165, 1.54) is 11.3 Å². The number of hydrogen-bond acceptors (Lipinski definition) is 3. The number of carbonyl (C=O) groups excluding carboxylic acids is 2. The molecule has 1 aliphatic heterocycles. The molecule has 1 aliphatic rings. The van der Waals surface area contributed by atoms with E-state index in [2.05, 4.69) is 5.32 Å². The Bertz CT molecular complexity index is 329. The first-order valence-corrected chi connectivity index (χ1v) is 3.99. The van der Waals surface area contributed by atoms with Gasteiger partial charge in [0, 0.05) is 6.54 Å². The van der Waals surface area contributed by atoms with Crippen LogP contribution in [0.25, 0.3) is 0 Å². The van der Waals surface area contributed by atoms with Crippen molar-refractivity contribution in [1.82, 2.24) is 5.32 Å². The van der Waals surface area contributed by atoms with Gasteiger partial charge < -0.3 is 5.32 Å². The number of rotatable bonds is 1. The van der Waals surface area contributed by atoms with Crippen molar-refractivity contribution in [2.75, 3.05) is 0 Å². The molecule has 0 spiro atoms. The number of aldehydes is 1. The van der Waals surface area contributed by atoms with Gasteiger partial charge in [-0.1, -0.05) is 0 Å². The molecule has 56 valence electrons. The number of nitrogens with one attached hydrogen (secondary N) is 1. The molecule has 1 N–H and O–H groups in total. The van der Waals surface area contributed by atoms with Gasteiger partial charge in [-0.2, -0.15) is 0 Å². The van der Waals surface area contributed by atoms with Gasteiger partial charge >= 0.3 is 0 Å². The molecule has 0 saturated heterocycles. The fourth-order valence-electron chi connectivity index (χ4n) is 1.09. The first-order valence-electron chi connectivity index (χ1n) is 3.17. The molecular weight excluding hydrogens is 162 g/mol. The van der Waals surface area contributed by atoms with Crippen LogP contribution >= 0.6 is 11.3 Å². The Morgan fingerprint density at radius 1 is 1.64 bits per heavy atom. The molecule has 0 aromatic carbocycles. The summed E-state index contributed by atoms with van der Waals surface area (Å²) in [6.07, 6.45) is 0.774. The van der Waals surface area contributed by atoms with Crippen molar-refractivity contribution in [3.63, 3.8) is 0 Å². The van der Waals surface area contributed by atoms with Gasteiger partial charge in [0.2, 0.25) is 0 Å². The third kappa shape index (κ3) is 0.867. The van der Waals surface area contributed by atoms with Crippen LogP contribution in [0.2, 0.25) is 0 Å². The van der Waals surface area contributed by atoms with Gasteiger partial charge in [-0.3, -0.25) is 9.59 Å². The number of fused-ring (bicyclic) bond motifs is 1. The van der Waals surface area contributed by atoms with Gasteiger partial charge in [0.05, 0.1) is 9.75 Å². The van der Waals surface area contributed by atoms with E-state index in [1.807, 2.05) is 0 Å². The van der Waals surface area contributed by atoms with Crippen LogP contribution in [0.4, 0.5) is 0 Å². The summed E-state index contributed by atoms with van der Waals surface area (Å²) in [7, 11) is 0. The second kappa shape index (κ2) is 2.17. The highest BCUT2D eigenvalue weighted by molar-refractivity contribution is 7.15. The third-order valence-corrected chi connectivity index (χ3v) is 2.69. The van der Waals surface area contributed by atoms with Gasteiger partial charge in [0.15, 0.2) is 6.29 Å². The molecule has 0 saturated carbocycles. The smallest absolute Gasteiger partial charge is 0.261 e. The molecule has 0 radical (unpaired) electrons. The average molecular weight is 167 g/mol. The maximum atomic E-state index is 11.0. The van der Waals surface area contributed by atoms with Crippen LogP contribution in [0.15, 0.2) is 6.07 Å². The summed E-state index contributed by atoms with van der Waals surface area (Å²) in [6, 6.07) is 1.75. The van der Waals surface area contributed by atoms with Crippen LogP contribution < -0.4 is 5.32 Å². The Labute approximate surface area is 67.0 Å². The van der Waals surface area contributed by atoms with Crippen molar-refractivity contribution in [1.29, 1.82) is 0 Å². The third-order valence-electron chi connectivity index (χ3n) is 1.59. The first-order chi connectivity index (χ1) is 5.31. The Morgan fingerprint density at radius 3 is 3.09 bits per heavy atom. The number of amides is 1. The summed E-state index contributed by atoms with van der Waals surface area (Å²) < 4.78 is 0. The normalized spacial score (nSPS) is 14.4. The van der Waals surface area contributed by atoms with E-state index in [0.717, 1.165) is 11.8 Å². The minimum atomic E-state index is -0.0573. The van der Waals surface area contributed by atoms with Crippen molar-refractivity contribution in [2.24, 2.45) is 0 Å². The van der Waals surface area contributed by atoms with Crippen LogP contribution in [-0.2, 0) is 6.54 Å². The molecule has 4 heteroatoms. The second-order valence-corrected chi connectivity index (χ2v) is 3.39. The van der Waals surface area contributed by atoms with Crippen LogP contribution in [-0.4, -0.2) is 12.2 Å². The van der Waals surface area contributed by atoms with Crippen molar-refractivity contribution in [2.45, 2.75) is 6.54 Å². The first kappa shape index (κ1) is 6.54. The van der Waals surface area contributed by atoms with Crippen LogP contribution in [0.1, 0.15) is 24.9 Å². The Kier molecular flexibility index (Phi) is 1.29. The minimum Gasteiger partial charge on any atom is -0.347 e. The quantitative estimate of drug-likeness (QED) is 0.629. The van der Waals surface area contributed by atoms with Crippen LogP contribution in [0.3, 0.4) is 0 Å². The molecular formula is C7H5NO2S. The van der Waals surface area contributed by atoms with Gasteiger partial charge in [-0.25, -0.2) is 0 Å². The fourth-order valence-corrected chi connectivity index (χ4v) is 2.00. The topological polar surface area (TPSA) is 46.2 Å². The largest absolute Gasteiger partial charge is 0.347 e. The van der Waals surface area contributed by atoms with E-state index >= 15 is 0 Å². The van der Waals surface area contributed by atoms with Crippen molar-refractivity contribution >= 4 is 23.5 Å². The molecule has 0 atom stereocenters. The summed E-state index contributed by atoms with van der Waals surface area (Å²) in [5, 5.41) is 2.67. The molecule has 0 bridgehead atoms. The lowest BCUT2D eigenvalue weighted by molar-refractivity contribution is 0.0969. The summed E-state index contributed by atoms with van der Waals surface area (Å²) in [5.74, 6) is -0.0573. The van der Waals surface area contributed by atoms with Crippen molar-refractivity contribution < 1.29 is 9.59 Å². The van der Waals surface area contributed by atoms with Gasteiger partial charge in [-0.05, 0) is 11.6 Å². The molecule has 3 nitrogen and oxygen atoms in total. The van der Waals surface area contributed by atoms with Gasteiger partial charge in [-0.15, -0.1) is 11.3 Å². The summed E-state index contributed by atoms with van der Waals surface area (Å²) in [5.41, 5.74) is 0.946. The monoisotopic (exact) mass is 167 g/mol. The molecule has 0 unspecified atom stereocenters. The molecule has 1 aromatic rings. The lowest BCUT2D eigenvalue weighted by Gasteiger charge is -1.86. The average Bonchev–Trinajstić information content (AvgIpc) is 2.53. The van der Waals surface area contributed by atoms with E-state index in [0.29, 0.717) is 16.3 Å². The zero-order valence-corrected chi connectivity index (χ0v) is 6.40. The van der Waals surface area contributed by atoms with Gasteiger partial charge in [0.25, 0.3) is 5.91 Å². The predicted molar refractivity (Wildman–Crippen MR) is 40.9 cm³/mol. The highest BCUT2D eigenvalue weighted by atomic mass is 32.1. The molecule has 0 fully saturated rings. The summed E-state index contributed by atoms with van der Waals surface area (Å²) in [4.78, 5) is 22.6. The second-order valence-electron chi connectivity index (χ2n) is 2.30. The van der Waals surface area contributed by atoms with E-state index < -0.39 is 0 Å². The Balaban J connectivity index is 2.54. The van der Waals surface area contributed by atoms with Crippen molar-refractivity contribution in [3.05, 3.63) is 21.4 Å². The molecule has 2 rings (SSSR count). The zero-order chi connectivity index (χ0) is 7.84.